The van der Waals surface area contributed by atoms with Gasteiger partial charge in [0.05, 0.1) is 18.5 Å². The summed E-state index contributed by atoms with van der Waals surface area (Å²) in [4.78, 5) is 2.35. The minimum Gasteiger partial charge on any atom is -0.379 e. The van der Waals surface area contributed by atoms with Gasteiger partial charge in [-0.1, -0.05) is 6.92 Å². The second-order valence-corrected chi connectivity index (χ2v) is 7.47. The van der Waals surface area contributed by atoms with E-state index in [0.29, 0.717) is 25.6 Å². The van der Waals surface area contributed by atoms with Crippen LogP contribution in [0.3, 0.4) is 0 Å². The van der Waals surface area contributed by atoms with E-state index in [2.05, 4.69) is 4.90 Å². The summed E-state index contributed by atoms with van der Waals surface area (Å²) in [5.74, 6) is 0. The highest BCUT2D eigenvalue weighted by molar-refractivity contribution is 7.89. The zero-order valence-corrected chi connectivity index (χ0v) is 12.4. The van der Waals surface area contributed by atoms with Crippen molar-refractivity contribution in [2.45, 2.75) is 31.1 Å². The fraction of sp³-hybridized carbons (Fsp3) is 1.00. The molecule has 0 amide bonds. The monoisotopic (exact) mass is 291 g/mol. The van der Waals surface area contributed by atoms with Crippen LogP contribution in [-0.4, -0.2) is 74.9 Å². The largest absolute Gasteiger partial charge is 0.379 e. The Hall–Kier alpha value is -0.210. The van der Waals surface area contributed by atoms with E-state index in [1.165, 1.54) is 0 Å². The van der Waals surface area contributed by atoms with Gasteiger partial charge < -0.3 is 10.5 Å². The molecule has 2 saturated heterocycles. The molecule has 112 valence electrons. The number of nitrogens with two attached hydrogens (primary N) is 1. The van der Waals surface area contributed by atoms with Gasteiger partial charge >= 0.3 is 0 Å². The highest BCUT2D eigenvalue weighted by Crippen LogP contribution is 2.22. The third-order valence-corrected chi connectivity index (χ3v) is 6.61. The average Bonchev–Trinajstić information content (AvgIpc) is 2.91. The summed E-state index contributed by atoms with van der Waals surface area (Å²) in [5.41, 5.74) is 5.58. The minimum atomic E-state index is -3.22. The summed E-state index contributed by atoms with van der Waals surface area (Å²) in [6, 6.07) is 0.342. The lowest BCUT2D eigenvalue weighted by atomic mass is 10.2. The molecule has 0 aromatic carbocycles. The van der Waals surface area contributed by atoms with Crippen LogP contribution in [-0.2, 0) is 14.8 Å². The number of nitrogens with zero attached hydrogens (tertiary/aromatic N) is 2. The van der Waals surface area contributed by atoms with Gasteiger partial charge in [-0.3, -0.25) is 4.90 Å². The van der Waals surface area contributed by atoms with E-state index in [1.807, 2.05) is 6.92 Å². The lowest BCUT2D eigenvalue weighted by molar-refractivity contribution is 0.0196. The van der Waals surface area contributed by atoms with Crippen molar-refractivity contribution < 1.29 is 13.2 Å². The molecule has 0 spiro atoms. The number of rotatable bonds is 5. The maximum absolute atomic E-state index is 12.4. The molecular weight excluding hydrogens is 266 g/mol. The van der Waals surface area contributed by atoms with Crippen LogP contribution in [0.15, 0.2) is 0 Å². The van der Waals surface area contributed by atoms with Gasteiger partial charge in [-0.15, -0.1) is 0 Å². The molecule has 0 bridgehead atoms. The Morgan fingerprint density at radius 3 is 2.58 bits per heavy atom. The summed E-state index contributed by atoms with van der Waals surface area (Å²) < 4.78 is 31.8. The van der Waals surface area contributed by atoms with E-state index in [4.69, 9.17) is 10.5 Å². The highest BCUT2D eigenvalue weighted by atomic mass is 32.2. The van der Waals surface area contributed by atoms with Crippen LogP contribution in [0.1, 0.15) is 19.8 Å². The van der Waals surface area contributed by atoms with Crippen LogP contribution < -0.4 is 5.73 Å². The lowest BCUT2D eigenvalue weighted by Crippen LogP contribution is -2.46. The average molecular weight is 291 g/mol. The van der Waals surface area contributed by atoms with E-state index in [1.54, 1.807) is 4.31 Å². The molecule has 19 heavy (non-hydrogen) atoms. The van der Waals surface area contributed by atoms with Gasteiger partial charge in [0.25, 0.3) is 0 Å². The van der Waals surface area contributed by atoms with Gasteiger partial charge in [0.1, 0.15) is 0 Å². The van der Waals surface area contributed by atoms with Gasteiger partial charge in [-0.2, -0.15) is 0 Å². The van der Waals surface area contributed by atoms with Crippen LogP contribution in [0.5, 0.6) is 0 Å². The van der Waals surface area contributed by atoms with Crippen molar-refractivity contribution in [2.24, 2.45) is 5.73 Å². The quantitative estimate of drug-likeness (QED) is 0.736. The van der Waals surface area contributed by atoms with E-state index in [0.717, 1.165) is 32.7 Å². The van der Waals surface area contributed by atoms with Gasteiger partial charge in [-0.05, 0) is 12.8 Å². The fourth-order valence-corrected chi connectivity index (χ4v) is 4.72. The van der Waals surface area contributed by atoms with Crippen molar-refractivity contribution in [3.8, 4) is 0 Å². The molecule has 0 saturated carbocycles. The van der Waals surface area contributed by atoms with Crippen molar-refractivity contribution >= 4 is 10.0 Å². The van der Waals surface area contributed by atoms with E-state index in [-0.39, 0.29) is 6.54 Å². The summed E-state index contributed by atoms with van der Waals surface area (Å²) in [6.45, 7) is 6.65. The molecule has 2 aliphatic rings. The van der Waals surface area contributed by atoms with E-state index >= 15 is 0 Å². The highest BCUT2D eigenvalue weighted by Gasteiger charge is 2.37. The van der Waals surface area contributed by atoms with Crippen LogP contribution in [0.25, 0.3) is 0 Å². The molecule has 2 unspecified atom stereocenters. The predicted molar refractivity (Wildman–Crippen MR) is 74.4 cm³/mol. The van der Waals surface area contributed by atoms with Gasteiger partial charge in [0.15, 0.2) is 0 Å². The molecular formula is C12H25N3O3S. The maximum atomic E-state index is 12.4. The Balaban J connectivity index is 1.97. The smallest absolute Gasteiger partial charge is 0.218 e. The Kier molecular flexibility index (Phi) is 5.19. The van der Waals surface area contributed by atoms with Crippen LogP contribution in [0.4, 0.5) is 0 Å². The SMILES string of the molecule is CCC(CN)S(=O)(=O)N1CCC(N2CCOCC2)C1. The van der Waals surface area contributed by atoms with Crippen molar-refractivity contribution in [3.63, 3.8) is 0 Å². The minimum absolute atomic E-state index is 0.206. The maximum Gasteiger partial charge on any atom is 0.218 e. The molecule has 2 fully saturated rings. The van der Waals surface area contributed by atoms with Gasteiger partial charge in [0.2, 0.25) is 10.0 Å². The molecule has 2 aliphatic heterocycles. The van der Waals surface area contributed by atoms with E-state index < -0.39 is 15.3 Å². The molecule has 7 heteroatoms. The predicted octanol–water partition coefficient (Wildman–Crippen LogP) is -0.540. The molecule has 0 aromatic heterocycles. The Morgan fingerprint density at radius 2 is 2.00 bits per heavy atom. The Morgan fingerprint density at radius 1 is 1.32 bits per heavy atom. The summed E-state index contributed by atoms with van der Waals surface area (Å²) in [7, 11) is -3.22. The standard InChI is InChI=1S/C12H25N3O3S/c1-2-12(9-13)19(16,17)15-4-3-11(10-15)14-5-7-18-8-6-14/h11-12H,2-10,13H2,1H3. The van der Waals surface area contributed by atoms with Crippen molar-refractivity contribution in [3.05, 3.63) is 0 Å². The van der Waals surface area contributed by atoms with E-state index in [9.17, 15) is 8.42 Å². The lowest BCUT2D eigenvalue weighted by Gasteiger charge is -2.32. The van der Waals surface area contributed by atoms with Gasteiger partial charge in [0, 0.05) is 38.8 Å². The Labute approximate surface area is 115 Å². The molecule has 0 aliphatic carbocycles. The Bertz CT molecular complexity index is 378. The van der Waals surface area contributed by atoms with Crippen molar-refractivity contribution in [1.82, 2.24) is 9.21 Å². The number of hydrogen-bond donors (Lipinski definition) is 1. The molecule has 6 nitrogen and oxygen atoms in total. The zero-order chi connectivity index (χ0) is 13.9. The normalized spacial score (nSPS) is 28.6. The first-order chi connectivity index (χ1) is 9.09. The molecule has 2 N–H and O–H groups in total. The first kappa shape index (κ1) is 15.2. The van der Waals surface area contributed by atoms with Crippen molar-refractivity contribution in [1.29, 1.82) is 0 Å². The first-order valence-electron chi connectivity index (χ1n) is 7.10. The number of sulfonamides is 1. The number of ether oxygens (including phenoxy) is 1. The molecule has 0 radical (unpaired) electrons. The molecule has 2 atom stereocenters. The summed E-state index contributed by atoms with van der Waals surface area (Å²) in [6.07, 6.45) is 1.50. The van der Waals surface area contributed by atoms with Crippen LogP contribution in [0.2, 0.25) is 0 Å². The number of morpholine rings is 1. The fourth-order valence-electron chi connectivity index (χ4n) is 2.89. The second kappa shape index (κ2) is 6.49. The molecule has 2 heterocycles. The first-order valence-corrected chi connectivity index (χ1v) is 8.60. The molecule has 0 aromatic rings. The third kappa shape index (κ3) is 3.28. The topological polar surface area (TPSA) is 75.9 Å². The molecule has 2 rings (SSSR count). The summed E-state index contributed by atoms with van der Waals surface area (Å²) in [5, 5.41) is -0.434. The third-order valence-electron chi connectivity index (χ3n) is 4.19. The summed E-state index contributed by atoms with van der Waals surface area (Å²) >= 11 is 0. The van der Waals surface area contributed by atoms with Crippen LogP contribution >= 0.6 is 0 Å². The zero-order valence-electron chi connectivity index (χ0n) is 11.6. The second-order valence-electron chi connectivity index (χ2n) is 5.26. The van der Waals surface area contributed by atoms with Crippen molar-refractivity contribution in [2.75, 3.05) is 45.9 Å². The van der Waals surface area contributed by atoms with Crippen LogP contribution in [0, 0.1) is 0 Å². The number of hydrogen-bond acceptors (Lipinski definition) is 5. The van der Waals surface area contributed by atoms with Gasteiger partial charge in [-0.25, -0.2) is 12.7 Å².